The Balaban J connectivity index is 1.55. The lowest BCUT2D eigenvalue weighted by Gasteiger charge is -2.23. The topological polar surface area (TPSA) is 50.8 Å². The van der Waals surface area contributed by atoms with E-state index < -0.39 is 0 Å². The summed E-state index contributed by atoms with van der Waals surface area (Å²) in [5, 5.41) is 3.09. The van der Waals surface area contributed by atoms with Crippen LogP contribution in [0.25, 0.3) is 0 Å². The number of fused-ring (bicyclic) bond motifs is 1. The zero-order chi connectivity index (χ0) is 16.1. The molecular formula is C18H26N2O3. The zero-order valence-corrected chi connectivity index (χ0v) is 13.8. The Kier molecular flexibility index (Phi) is 5.39. The van der Waals surface area contributed by atoms with Crippen molar-refractivity contribution < 1.29 is 14.3 Å². The van der Waals surface area contributed by atoms with Crippen LogP contribution in [-0.4, -0.2) is 43.7 Å². The third-order valence-electron chi connectivity index (χ3n) is 4.51. The molecule has 0 bridgehead atoms. The van der Waals surface area contributed by atoms with Gasteiger partial charge in [0.05, 0.1) is 12.6 Å². The molecule has 2 heterocycles. The molecular weight excluding hydrogens is 292 g/mol. The van der Waals surface area contributed by atoms with Crippen molar-refractivity contribution in [3.05, 3.63) is 23.8 Å². The highest BCUT2D eigenvalue weighted by Crippen LogP contribution is 2.32. The van der Waals surface area contributed by atoms with E-state index in [0.717, 1.165) is 30.2 Å². The second kappa shape index (κ2) is 7.68. The van der Waals surface area contributed by atoms with Gasteiger partial charge in [-0.15, -0.1) is 0 Å². The number of benzene rings is 1. The lowest BCUT2D eigenvalue weighted by molar-refractivity contribution is -0.122. The molecule has 1 fully saturated rings. The molecule has 1 saturated heterocycles. The number of rotatable bonds is 4. The molecule has 3 rings (SSSR count). The van der Waals surface area contributed by atoms with E-state index in [0.29, 0.717) is 19.8 Å². The third kappa shape index (κ3) is 4.38. The number of nitrogens with one attached hydrogen (secondary N) is 1. The van der Waals surface area contributed by atoms with Gasteiger partial charge in [0.1, 0.15) is 13.2 Å². The van der Waals surface area contributed by atoms with Gasteiger partial charge in [-0.05, 0) is 50.6 Å². The first kappa shape index (κ1) is 16.1. The molecule has 5 nitrogen and oxygen atoms in total. The molecule has 0 spiro atoms. The minimum absolute atomic E-state index is 0.0368. The normalized spacial score (nSPS) is 19.7. The smallest absolute Gasteiger partial charge is 0.234 e. The second-order valence-corrected chi connectivity index (χ2v) is 6.38. The predicted molar refractivity (Wildman–Crippen MR) is 88.9 cm³/mol. The Morgan fingerprint density at radius 3 is 2.57 bits per heavy atom. The molecule has 1 atom stereocenters. The summed E-state index contributed by atoms with van der Waals surface area (Å²) in [7, 11) is 0. The number of carbonyl (C=O) groups is 1. The first-order valence-electron chi connectivity index (χ1n) is 8.63. The zero-order valence-electron chi connectivity index (χ0n) is 13.8. The van der Waals surface area contributed by atoms with Crippen LogP contribution < -0.4 is 14.8 Å². The number of amides is 1. The fraction of sp³-hybridized carbons (Fsp3) is 0.611. The highest BCUT2D eigenvalue weighted by Gasteiger charge is 2.17. The Morgan fingerprint density at radius 2 is 1.83 bits per heavy atom. The number of carbonyl (C=O) groups excluding carboxylic acids is 1. The van der Waals surface area contributed by atoms with Gasteiger partial charge in [0.25, 0.3) is 0 Å². The Bertz CT molecular complexity index is 539. The summed E-state index contributed by atoms with van der Waals surface area (Å²) in [5.74, 6) is 1.64. The maximum Gasteiger partial charge on any atom is 0.234 e. The molecule has 0 radical (unpaired) electrons. The summed E-state index contributed by atoms with van der Waals surface area (Å²) >= 11 is 0. The quantitative estimate of drug-likeness (QED) is 0.927. The Labute approximate surface area is 137 Å². The summed E-state index contributed by atoms with van der Waals surface area (Å²) in [6, 6.07) is 5.84. The lowest BCUT2D eigenvalue weighted by Crippen LogP contribution is -2.38. The number of likely N-dealkylation sites (tertiary alicyclic amines) is 1. The first-order chi connectivity index (χ1) is 11.2. The maximum atomic E-state index is 12.3. The van der Waals surface area contributed by atoms with Gasteiger partial charge in [-0.1, -0.05) is 18.9 Å². The monoisotopic (exact) mass is 318 g/mol. The van der Waals surface area contributed by atoms with Gasteiger partial charge in [0.15, 0.2) is 11.5 Å². The maximum absolute atomic E-state index is 12.3. The third-order valence-corrected chi connectivity index (χ3v) is 4.51. The molecule has 0 aromatic heterocycles. The van der Waals surface area contributed by atoms with E-state index in [1.165, 1.54) is 25.7 Å². The van der Waals surface area contributed by atoms with Crippen molar-refractivity contribution >= 4 is 5.91 Å². The molecule has 2 aliphatic heterocycles. The van der Waals surface area contributed by atoms with Crippen LogP contribution in [0.1, 0.15) is 44.2 Å². The van der Waals surface area contributed by atoms with E-state index in [1.54, 1.807) is 0 Å². The molecule has 1 N–H and O–H groups in total. The van der Waals surface area contributed by atoms with E-state index in [9.17, 15) is 4.79 Å². The molecule has 5 heteroatoms. The van der Waals surface area contributed by atoms with E-state index in [-0.39, 0.29) is 11.9 Å². The van der Waals surface area contributed by atoms with Gasteiger partial charge < -0.3 is 14.8 Å². The molecule has 1 unspecified atom stereocenters. The molecule has 0 aliphatic carbocycles. The van der Waals surface area contributed by atoms with Crippen LogP contribution in [0.5, 0.6) is 11.5 Å². The molecule has 1 aromatic carbocycles. The van der Waals surface area contributed by atoms with Crippen LogP contribution in [0.15, 0.2) is 18.2 Å². The minimum atomic E-state index is -0.0368. The van der Waals surface area contributed by atoms with Gasteiger partial charge in [-0.2, -0.15) is 0 Å². The van der Waals surface area contributed by atoms with Gasteiger partial charge in [-0.25, -0.2) is 0 Å². The van der Waals surface area contributed by atoms with Crippen LogP contribution in [-0.2, 0) is 4.79 Å². The van der Waals surface area contributed by atoms with E-state index in [2.05, 4.69) is 10.2 Å². The Morgan fingerprint density at radius 1 is 1.13 bits per heavy atom. The van der Waals surface area contributed by atoms with Crippen LogP contribution in [0, 0.1) is 0 Å². The van der Waals surface area contributed by atoms with Crippen LogP contribution in [0.4, 0.5) is 0 Å². The molecule has 1 amide bonds. The second-order valence-electron chi connectivity index (χ2n) is 6.38. The molecule has 126 valence electrons. The van der Waals surface area contributed by atoms with Gasteiger partial charge in [0.2, 0.25) is 5.91 Å². The van der Waals surface area contributed by atoms with Gasteiger partial charge in [0, 0.05) is 0 Å². The lowest BCUT2D eigenvalue weighted by atomic mass is 10.1. The van der Waals surface area contributed by atoms with Crippen LogP contribution >= 0.6 is 0 Å². The van der Waals surface area contributed by atoms with Gasteiger partial charge >= 0.3 is 0 Å². The van der Waals surface area contributed by atoms with Crippen molar-refractivity contribution in [2.45, 2.75) is 38.6 Å². The first-order valence-corrected chi connectivity index (χ1v) is 8.63. The van der Waals surface area contributed by atoms with Crippen molar-refractivity contribution in [3.8, 4) is 11.5 Å². The van der Waals surface area contributed by atoms with Crippen molar-refractivity contribution in [3.63, 3.8) is 0 Å². The minimum Gasteiger partial charge on any atom is -0.486 e. The van der Waals surface area contributed by atoms with Crippen molar-refractivity contribution in [1.29, 1.82) is 0 Å². The summed E-state index contributed by atoms with van der Waals surface area (Å²) in [5.41, 5.74) is 1.04. The summed E-state index contributed by atoms with van der Waals surface area (Å²) in [6.07, 6.45) is 4.97. The molecule has 0 saturated carbocycles. The highest BCUT2D eigenvalue weighted by atomic mass is 16.6. The van der Waals surface area contributed by atoms with Crippen molar-refractivity contribution in [2.24, 2.45) is 0 Å². The summed E-state index contributed by atoms with van der Waals surface area (Å²) in [4.78, 5) is 14.6. The van der Waals surface area contributed by atoms with E-state index in [4.69, 9.17) is 9.47 Å². The van der Waals surface area contributed by atoms with Crippen LogP contribution in [0.3, 0.4) is 0 Å². The average molecular weight is 318 g/mol. The number of ether oxygens (including phenoxy) is 2. The Hall–Kier alpha value is -1.75. The average Bonchev–Trinajstić information content (AvgIpc) is 2.83. The van der Waals surface area contributed by atoms with Crippen LogP contribution in [0.2, 0.25) is 0 Å². The largest absolute Gasteiger partial charge is 0.486 e. The standard InChI is InChI=1S/C18H26N2O3/c1-14(15-6-7-16-17(12-15)23-11-10-22-16)19-18(21)13-20-8-4-2-3-5-9-20/h6-7,12,14H,2-5,8-11,13H2,1H3,(H,19,21). The summed E-state index contributed by atoms with van der Waals surface area (Å²) in [6.45, 7) is 5.74. The van der Waals surface area contributed by atoms with Gasteiger partial charge in [-0.3, -0.25) is 9.69 Å². The van der Waals surface area contributed by atoms with E-state index in [1.807, 2.05) is 25.1 Å². The highest BCUT2D eigenvalue weighted by molar-refractivity contribution is 5.78. The fourth-order valence-electron chi connectivity index (χ4n) is 3.20. The molecule has 2 aliphatic rings. The summed E-state index contributed by atoms with van der Waals surface area (Å²) < 4.78 is 11.1. The van der Waals surface area contributed by atoms with Crippen molar-refractivity contribution in [2.75, 3.05) is 32.8 Å². The number of nitrogens with zero attached hydrogens (tertiary/aromatic N) is 1. The van der Waals surface area contributed by atoms with Crippen molar-refractivity contribution in [1.82, 2.24) is 10.2 Å². The number of hydrogen-bond acceptors (Lipinski definition) is 4. The number of hydrogen-bond donors (Lipinski definition) is 1. The molecule has 1 aromatic rings. The fourth-order valence-corrected chi connectivity index (χ4v) is 3.20. The van der Waals surface area contributed by atoms with E-state index >= 15 is 0 Å². The predicted octanol–water partition coefficient (Wildman–Crippen LogP) is 2.51. The molecule has 23 heavy (non-hydrogen) atoms. The SMILES string of the molecule is CC(NC(=O)CN1CCCCCC1)c1ccc2c(c1)OCCO2.